The quantitative estimate of drug-likeness (QED) is 0.121. The summed E-state index contributed by atoms with van der Waals surface area (Å²) in [5, 5.41) is 72.0. The molecule has 3 saturated heterocycles. The lowest BCUT2D eigenvalue weighted by Gasteiger charge is -2.35. The van der Waals surface area contributed by atoms with Crippen molar-refractivity contribution in [1.82, 2.24) is 79.7 Å². The van der Waals surface area contributed by atoms with Crippen LogP contribution < -0.4 is 14.7 Å². The number of rotatable bonds is 9. The van der Waals surface area contributed by atoms with Crippen LogP contribution in [0.4, 0.5) is 26.2 Å². The number of anilines is 3. The Morgan fingerprint density at radius 1 is 0.479 bits per heavy atom. The second kappa shape index (κ2) is 25.1. The second-order valence-electron chi connectivity index (χ2n) is 26.0. The summed E-state index contributed by atoms with van der Waals surface area (Å²) in [7, 11) is 3.50. The minimum Gasteiger partial charge on any atom is -0.506 e. The van der Waals surface area contributed by atoms with Crippen LogP contribution in [0.3, 0.4) is 0 Å². The average molecular weight is 1260 g/mol. The topological polar surface area (TPSA) is 252 Å². The molecule has 3 aliphatic heterocycles. The molecule has 0 bridgehead atoms. The van der Waals surface area contributed by atoms with Gasteiger partial charge in [0.1, 0.15) is 68.3 Å². The Kier molecular flexibility index (Phi) is 16.3. The number of nitrogens with zero attached hydrogens (tertiary/aromatic N) is 19. The van der Waals surface area contributed by atoms with Gasteiger partial charge in [-0.05, 0) is 177 Å². The zero-order chi connectivity index (χ0) is 64.9. The molecule has 13 heterocycles. The molecule has 2 aromatic carbocycles. The van der Waals surface area contributed by atoms with Gasteiger partial charge < -0.3 is 30.0 Å². The Hall–Kier alpha value is -10.7. The third-order valence-corrected chi connectivity index (χ3v) is 18.2. The van der Waals surface area contributed by atoms with Crippen molar-refractivity contribution in [2.24, 2.45) is 37.3 Å². The molecule has 3 N–H and O–H groups in total. The van der Waals surface area contributed by atoms with Crippen LogP contribution in [0.25, 0.3) is 95.0 Å². The van der Waals surface area contributed by atoms with E-state index in [1.165, 1.54) is 50.7 Å². The van der Waals surface area contributed by atoms with Crippen molar-refractivity contribution in [2.45, 2.75) is 72.6 Å². The van der Waals surface area contributed by atoms with Crippen LogP contribution in [0, 0.1) is 41.7 Å². The Bertz CT molecular complexity index is 4760. The molecule has 22 nitrogen and oxygen atoms in total. The zero-order valence-corrected chi connectivity index (χ0v) is 53.1. The van der Waals surface area contributed by atoms with E-state index in [2.05, 4.69) is 101 Å². The molecule has 1 unspecified atom stereocenters. The van der Waals surface area contributed by atoms with Crippen LogP contribution in [0.1, 0.15) is 71.5 Å². The van der Waals surface area contributed by atoms with Gasteiger partial charge in [-0.15, -0.1) is 30.6 Å². The van der Waals surface area contributed by atoms with Crippen molar-refractivity contribution < 1.29 is 24.1 Å². The summed E-state index contributed by atoms with van der Waals surface area (Å²) in [5.41, 5.74) is 8.73. The van der Waals surface area contributed by atoms with Crippen LogP contribution >= 0.6 is 0 Å². The van der Waals surface area contributed by atoms with Gasteiger partial charge in [0, 0.05) is 124 Å². The normalized spacial score (nSPS) is 17.7. The molecule has 1 spiro atoms. The van der Waals surface area contributed by atoms with Crippen molar-refractivity contribution in [3.8, 4) is 84.8 Å². The van der Waals surface area contributed by atoms with Crippen molar-refractivity contribution in [3.63, 3.8) is 0 Å². The summed E-state index contributed by atoms with van der Waals surface area (Å²) in [6.45, 7) is 14.6. The van der Waals surface area contributed by atoms with E-state index in [9.17, 15) is 24.1 Å². The minimum absolute atomic E-state index is 0.0221. The zero-order valence-electron chi connectivity index (χ0n) is 53.1. The molecule has 1 saturated carbocycles. The highest BCUT2D eigenvalue weighted by molar-refractivity contribution is 5.87. The maximum Gasteiger partial charge on any atom is 0.155 e. The lowest BCUT2D eigenvalue weighted by Crippen LogP contribution is -2.39. The fourth-order valence-electron chi connectivity index (χ4n) is 13.4. The van der Waals surface area contributed by atoms with E-state index in [1.54, 1.807) is 77.2 Å². The highest BCUT2D eigenvalue weighted by atomic mass is 19.1. The SMILES string of the molecule is CC1CCCN(c2ccc(-c3ncc(-c4cc(F)c5nn(C)cc5c4)cc3O)nn2)C1.Cc1nc2ccc(-c3cnc(-c4ccc(N5C[C@H](C)C[C@H](C)C5)nn4)c(O)c3)cn2n1.Cn1cc2cc(-c3cnc(-c4ccc(N5CCCC6(CC6)C5)nn4)c(O)c3)cc(F)c2n1. The van der Waals surface area contributed by atoms with Gasteiger partial charge in [0.2, 0.25) is 0 Å². The predicted molar refractivity (Wildman–Crippen MR) is 356 cm³/mol. The third-order valence-electron chi connectivity index (χ3n) is 18.2. The molecule has 0 amide bonds. The van der Waals surface area contributed by atoms with E-state index in [-0.39, 0.29) is 17.2 Å². The lowest BCUT2D eigenvalue weighted by molar-refractivity contribution is 0.355. The summed E-state index contributed by atoms with van der Waals surface area (Å²) in [6.07, 6.45) is 19.1. The minimum atomic E-state index is -0.412. The number of hydrogen-bond acceptors (Lipinski definition) is 19. The Morgan fingerprint density at radius 3 is 1.44 bits per heavy atom. The number of pyridine rings is 4. The molecule has 0 radical (unpaired) electrons. The molecule has 478 valence electrons. The molecule has 16 rings (SSSR count). The highest BCUT2D eigenvalue weighted by Gasteiger charge is 2.45. The molecular weight excluding hydrogens is 1190 g/mol. The smallest absolute Gasteiger partial charge is 0.155 e. The Balaban J connectivity index is 0.000000122. The maximum atomic E-state index is 14.5. The van der Waals surface area contributed by atoms with E-state index in [0.717, 1.165) is 79.9 Å². The van der Waals surface area contributed by atoms with E-state index in [1.807, 2.05) is 73.8 Å². The fourth-order valence-corrected chi connectivity index (χ4v) is 13.4. The van der Waals surface area contributed by atoms with E-state index < -0.39 is 11.6 Å². The van der Waals surface area contributed by atoms with E-state index in [4.69, 9.17) is 0 Å². The van der Waals surface area contributed by atoms with Crippen molar-refractivity contribution in [3.05, 3.63) is 146 Å². The van der Waals surface area contributed by atoms with Gasteiger partial charge in [-0.25, -0.2) is 33.2 Å². The summed E-state index contributed by atoms with van der Waals surface area (Å²) < 4.78 is 33.8. The molecule has 4 aliphatic rings. The van der Waals surface area contributed by atoms with Gasteiger partial charge in [0.05, 0.1) is 0 Å². The molecule has 4 fully saturated rings. The summed E-state index contributed by atoms with van der Waals surface area (Å²) in [6, 6.07) is 26.5. The van der Waals surface area contributed by atoms with E-state index >= 15 is 0 Å². The Morgan fingerprint density at radius 2 is 0.957 bits per heavy atom. The highest BCUT2D eigenvalue weighted by Crippen LogP contribution is 2.52. The molecular formula is C70H71F2N19O3. The molecule has 1 aliphatic carbocycles. The second-order valence-corrected chi connectivity index (χ2v) is 26.0. The number of aryl methyl sites for hydroxylation is 3. The van der Waals surface area contributed by atoms with Gasteiger partial charge in [0.25, 0.3) is 0 Å². The molecule has 3 atom stereocenters. The van der Waals surface area contributed by atoms with Crippen LogP contribution in [0.2, 0.25) is 0 Å². The maximum absolute atomic E-state index is 14.5. The molecule has 12 aromatic rings. The predicted octanol–water partition coefficient (Wildman–Crippen LogP) is 12.2. The van der Waals surface area contributed by atoms with Crippen molar-refractivity contribution in [1.29, 1.82) is 0 Å². The first-order valence-electron chi connectivity index (χ1n) is 31.9. The Labute approximate surface area is 540 Å². The first-order chi connectivity index (χ1) is 45.4. The molecule has 94 heavy (non-hydrogen) atoms. The summed E-state index contributed by atoms with van der Waals surface area (Å²) >= 11 is 0. The van der Waals surface area contributed by atoms with Gasteiger partial charge >= 0.3 is 0 Å². The fraction of sp³-hybridized carbons (Fsp3) is 0.329. The van der Waals surface area contributed by atoms with Crippen LogP contribution in [0.5, 0.6) is 17.2 Å². The molecule has 10 aromatic heterocycles. The van der Waals surface area contributed by atoms with Crippen LogP contribution in [0.15, 0.2) is 128 Å². The van der Waals surface area contributed by atoms with E-state index in [0.29, 0.717) is 107 Å². The standard InChI is InChI=1S/C24H23FN6O.C23H23FN6O.C23H25N7O/c1-30-13-17-9-15(10-18(25)22(17)29-30)16-11-20(32)23(26-12-16)19-3-4-21(28-27-19)31-8-2-5-24(14-31)6-7-24;1-14-4-3-7-30(12-14)21-6-5-19(26-27-21)23-20(31)10-16(11-25-23)15-8-17-13-29(2)28-22(17)18(24)9-15;1-14-8-15(2)12-29(11-14)22-7-5-19(26-27-22)23-20(31)9-18(10-24-23)17-4-6-21-25-16(3)28-30(21)13-17/h3-4,9-13,32H,2,5-8,14H2,1H3;5-6,8-11,13-14,31H,3-4,7,12H2,1-2H3;4-7,9-10,13-15,31H,8,11-12H2,1-3H3/t;;14-,15+. The molecule has 24 heteroatoms. The number of fused-ring (bicyclic) bond motifs is 3. The van der Waals surface area contributed by atoms with Crippen LogP contribution in [-0.2, 0) is 14.1 Å². The monoisotopic (exact) mass is 1260 g/mol. The van der Waals surface area contributed by atoms with Gasteiger partial charge in [-0.3, -0.25) is 9.36 Å². The first-order valence-corrected chi connectivity index (χ1v) is 31.9. The van der Waals surface area contributed by atoms with Gasteiger partial charge in [-0.1, -0.05) is 20.8 Å². The first kappa shape index (κ1) is 60.9. The van der Waals surface area contributed by atoms with Gasteiger partial charge in [0.15, 0.2) is 34.7 Å². The number of benzene rings is 2. The number of halogens is 2. The third kappa shape index (κ3) is 12.8. The number of aromatic nitrogens is 16. The average Bonchev–Trinajstić information content (AvgIpc) is 1.77. The summed E-state index contributed by atoms with van der Waals surface area (Å²) in [5.74, 6) is 4.41. The largest absolute Gasteiger partial charge is 0.506 e. The van der Waals surface area contributed by atoms with Crippen molar-refractivity contribution in [2.75, 3.05) is 54.0 Å². The summed E-state index contributed by atoms with van der Waals surface area (Å²) in [4.78, 5) is 24.4. The van der Waals surface area contributed by atoms with Crippen molar-refractivity contribution >= 4 is 44.9 Å². The van der Waals surface area contributed by atoms with Crippen LogP contribution in [-0.4, -0.2) is 134 Å². The number of aromatic hydroxyl groups is 3. The number of piperidine rings is 3. The number of hydrogen-bond donors (Lipinski definition) is 3. The lowest BCUT2D eigenvalue weighted by atomic mass is 9.92. The van der Waals surface area contributed by atoms with Gasteiger partial charge in [-0.2, -0.15) is 15.3 Å².